The van der Waals surface area contributed by atoms with E-state index in [1.165, 1.54) is 10.1 Å². The number of nitrogens with one attached hydrogen (secondary N) is 1. The Morgan fingerprint density at radius 2 is 1.83 bits per heavy atom. The molecule has 0 saturated carbocycles. The van der Waals surface area contributed by atoms with E-state index in [-0.39, 0.29) is 5.56 Å². The SMILES string of the molecule is Cn1c(=O)c(-c2c(Cl)cccc2Cl)cc2cnc(Nc3ccc4c(c3)COC4)nc21. The standard InChI is InChI=1S/C22H16Cl2N4O2/c1-28-20-13(8-16(21(28)29)19-17(23)3-2-4-18(19)24)9-25-22(27-20)26-15-6-5-12-10-30-11-14(12)7-15/h2-9H,10-11H2,1H3,(H,25,26,27). The Hall–Kier alpha value is -2.93. The Morgan fingerprint density at radius 3 is 2.63 bits per heavy atom. The van der Waals surface area contributed by atoms with Gasteiger partial charge in [-0.25, -0.2) is 4.98 Å². The van der Waals surface area contributed by atoms with Gasteiger partial charge >= 0.3 is 0 Å². The van der Waals surface area contributed by atoms with Gasteiger partial charge in [-0.05, 0) is 41.5 Å². The van der Waals surface area contributed by atoms with Crippen LogP contribution in [-0.2, 0) is 25.0 Å². The third-order valence-corrected chi connectivity index (χ3v) is 5.79. The van der Waals surface area contributed by atoms with Crippen LogP contribution in [-0.4, -0.2) is 14.5 Å². The monoisotopic (exact) mass is 438 g/mol. The Morgan fingerprint density at radius 1 is 1.07 bits per heavy atom. The lowest BCUT2D eigenvalue weighted by Crippen LogP contribution is -2.20. The summed E-state index contributed by atoms with van der Waals surface area (Å²) in [5.41, 5.74) is 4.38. The fourth-order valence-corrected chi connectivity index (χ4v) is 4.22. The third kappa shape index (κ3) is 3.23. The van der Waals surface area contributed by atoms with Gasteiger partial charge in [0.05, 0.1) is 28.8 Å². The largest absolute Gasteiger partial charge is 0.372 e. The zero-order chi connectivity index (χ0) is 20.8. The van der Waals surface area contributed by atoms with Crippen LogP contribution in [0.5, 0.6) is 0 Å². The van der Waals surface area contributed by atoms with E-state index < -0.39 is 0 Å². The number of rotatable bonds is 3. The highest BCUT2D eigenvalue weighted by atomic mass is 35.5. The van der Waals surface area contributed by atoms with E-state index in [1.807, 2.05) is 18.2 Å². The second-order valence-corrected chi connectivity index (χ2v) is 7.91. The maximum Gasteiger partial charge on any atom is 0.259 e. The van der Waals surface area contributed by atoms with Crippen molar-refractivity contribution in [2.45, 2.75) is 13.2 Å². The molecule has 0 fully saturated rings. The summed E-state index contributed by atoms with van der Waals surface area (Å²) >= 11 is 12.6. The zero-order valence-corrected chi connectivity index (χ0v) is 17.5. The van der Waals surface area contributed by atoms with Crippen LogP contribution < -0.4 is 10.9 Å². The van der Waals surface area contributed by atoms with Gasteiger partial charge in [-0.1, -0.05) is 35.3 Å². The average Bonchev–Trinajstić information content (AvgIpc) is 3.20. The fourth-order valence-electron chi connectivity index (χ4n) is 3.62. The molecule has 4 aromatic rings. The molecule has 0 spiro atoms. The van der Waals surface area contributed by atoms with Gasteiger partial charge in [-0.3, -0.25) is 9.36 Å². The van der Waals surface area contributed by atoms with Gasteiger partial charge in [0.1, 0.15) is 5.65 Å². The normalized spacial score (nSPS) is 12.9. The quantitative estimate of drug-likeness (QED) is 0.483. The first-order valence-corrected chi connectivity index (χ1v) is 10.0. The second kappa shape index (κ2) is 7.40. The number of fused-ring (bicyclic) bond motifs is 2. The molecule has 0 aliphatic carbocycles. The summed E-state index contributed by atoms with van der Waals surface area (Å²) in [4.78, 5) is 22.0. The van der Waals surface area contributed by atoms with Crippen LogP contribution in [0.3, 0.4) is 0 Å². The number of aromatic nitrogens is 3. The van der Waals surface area contributed by atoms with Crippen LogP contribution in [0.25, 0.3) is 22.2 Å². The van der Waals surface area contributed by atoms with Crippen LogP contribution in [0, 0.1) is 0 Å². The maximum absolute atomic E-state index is 13.0. The van der Waals surface area contributed by atoms with Gasteiger partial charge in [-0.2, -0.15) is 4.98 Å². The molecular formula is C22H16Cl2N4O2. The topological polar surface area (TPSA) is 69.0 Å². The minimum Gasteiger partial charge on any atom is -0.372 e. The van der Waals surface area contributed by atoms with Crippen molar-refractivity contribution in [3.8, 4) is 11.1 Å². The lowest BCUT2D eigenvalue weighted by atomic mass is 10.1. The molecule has 0 unspecified atom stereocenters. The summed E-state index contributed by atoms with van der Waals surface area (Å²) in [6, 6.07) is 12.9. The molecule has 0 bridgehead atoms. The Balaban J connectivity index is 1.57. The van der Waals surface area contributed by atoms with Gasteiger partial charge in [-0.15, -0.1) is 0 Å². The van der Waals surface area contributed by atoms with Crippen molar-refractivity contribution in [1.29, 1.82) is 0 Å². The van der Waals surface area contributed by atoms with Crippen molar-refractivity contribution >= 4 is 45.9 Å². The molecule has 0 radical (unpaired) electrons. The molecule has 30 heavy (non-hydrogen) atoms. The summed E-state index contributed by atoms with van der Waals surface area (Å²) in [6.07, 6.45) is 1.68. The minimum absolute atomic E-state index is 0.239. The number of halogens is 2. The van der Waals surface area contributed by atoms with E-state index in [9.17, 15) is 4.79 Å². The number of nitrogens with zero attached hydrogens (tertiary/aromatic N) is 3. The van der Waals surface area contributed by atoms with Crippen molar-refractivity contribution in [2.24, 2.45) is 7.05 Å². The van der Waals surface area contributed by atoms with Gasteiger partial charge in [0.25, 0.3) is 5.56 Å². The first-order chi connectivity index (χ1) is 14.5. The maximum atomic E-state index is 13.0. The highest BCUT2D eigenvalue weighted by molar-refractivity contribution is 6.39. The first-order valence-electron chi connectivity index (χ1n) is 9.29. The van der Waals surface area contributed by atoms with Crippen LogP contribution >= 0.6 is 23.2 Å². The van der Waals surface area contributed by atoms with Crippen molar-refractivity contribution < 1.29 is 4.74 Å². The zero-order valence-electron chi connectivity index (χ0n) is 15.9. The summed E-state index contributed by atoms with van der Waals surface area (Å²) in [7, 11) is 1.67. The Kier molecular flexibility index (Phi) is 4.70. The minimum atomic E-state index is -0.239. The smallest absolute Gasteiger partial charge is 0.259 e. The molecule has 2 aromatic heterocycles. The number of hydrogen-bond acceptors (Lipinski definition) is 5. The van der Waals surface area contributed by atoms with E-state index in [1.54, 1.807) is 37.5 Å². The molecule has 5 rings (SSSR count). The van der Waals surface area contributed by atoms with E-state index in [0.29, 0.717) is 51.4 Å². The summed E-state index contributed by atoms with van der Waals surface area (Å²) in [5.74, 6) is 0.403. The van der Waals surface area contributed by atoms with E-state index in [2.05, 4.69) is 15.3 Å². The lowest BCUT2D eigenvalue weighted by Gasteiger charge is -2.12. The van der Waals surface area contributed by atoms with Gasteiger partial charge in [0, 0.05) is 29.9 Å². The molecule has 1 aliphatic rings. The predicted octanol–water partition coefficient (Wildman–Crippen LogP) is 5.08. The van der Waals surface area contributed by atoms with Crippen LogP contribution in [0.2, 0.25) is 10.0 Å². The highest BCUT2D eigenvalue weighted by Gasteiger charge is 2.16. The lowest BCUT2D eigenvalue weighted by molar-refractivity contribution is 0.134. The predicted molar refractivity (Wildman–Crippen MR) is 118 cm³/mol. The average molecular weight is 439 g/mol. The number of benzene rings is 2. The van der Waals surface area contributed by atoms with Gasteiger partial charge < -0.3 is 10.1 Å². The molecule has 3 heterocycles. The van der Waals surface area contributed by atoms with E-state index >= 15 is 0 Å². The van der Waals surface area contributed by atoms with Crippen molar-refractivity contribution in [3.05, 3.63) is 80.2 Å². The molecular weight excluding hydrogens is 423 g/mol. The molecule has 0 atom stereocenters. The fraction of sp³-hybridized carbons (Fsp3) is 0.136. The molecule has 0 saturated heterocycles. The van der Waals surface area contributed by atoms with E-state index in [0.717, 1.165) is 11.3 Å². The van der Waals surface area contributed by atoms with Crippen molar-refractivity contribution in [1.82, 2.24) is 14.5 Å². The van der Waals surface area contributed by atoms with Crippen molar-refractivity contribution in [2.75, 3.05) is 5.32 Å². The number of ether oxygens (including phenoxy) is 1. The molecule has 2 aromatic carbocycles. The molecule has 1 N–H and O–H groups in total. The Labute approximate surface area is 182 Å². The van der Waals surface area contributed by atoms with Crippen molar-refractivity contribution in [3.63, 3.8) is 0 Å². The number of aryl methyl sites for hydroxylation is 1. The molecule has 8 heteroatoms. The number of anilines is 2. The highest BCUT2D eigenvalue weighted by Crippen LogP contribution is 2.34. The molecule has 1 aliphatic heterocycles. The number of hydrogen-bond donors (Lipinski definition) is 1. The van der Waals surface area contributed by atoms with Gasteiger partial charge in [0.15, 0.2) is 0 Å². The van der Waals surface area contributed by atoms with E-state index in [4.69, 9.17) is 27.9 Å². The first kappa shape index (κ1) is 19.1. The summed E-state index contributed by atoms with van der Waals surface area (Å²) < 4.78 is 6.94. The number of pyridine rings is 1. The van der Waals surface area contributed by atoms with Crippen LogP contribution in [0.4, 0.5) is 11.6 Å². The molecule has 0 amide bonds. The van der Waals surface area contributed by atoms with Crippen LogP contribution in [0.15, 0.2) is 53.5 Å². The van der Waals surface area contributed by atoms with Gasteiger partial charge in [0.2, 0.25) is 5.95 Å². The molecule has 150 valence electrons. The second-order valence-electron chi connectivity index (χ2n) is 7.09. The molecule has 6 nitrogen and oxygen atoms in total. The third-order valence-electron chi connectivity index (χ3n) is 5.16. The Bertz CT molecular complexity index is 1350. The summed E-state index contributed by atoms with van der Waals surface area (Å²) in [5, 5.41) is 4.74. The summed E-state index contributed by atoms with van der Waals surface area (Å²) in [6.45, 7) is 1.24. The van der Waals surface area contributed by atoms with Crippen LogP contribution in [0.1, 0.15) is 11.1 Å².